The summed E-state index contributed by atoms with van der Waals surface area (Å²) in [5.41, 5.74) is 1.67. The minimum atomic E-state index is 0.420. The van der Waals surface area contributed by atoms with E-state index in [9.17, 15) is 0 Å². The van der Waals surface area contributed by atoms with E-state index in [0.29, 0.717) is 24.4 Å². The highest BCUT2D eigenvalue weighted by Gasteiger charge is 2.08. The van der Waals surface area contributed by atoms with Crippen LogP contribution in [0.2, 0.25) is 0 Å². The molecule has 2 aromatic heterocycles. The highest BCUT2D eigenvalue weighted by molar-refractivity contribution is 5.60. The van der Waals surface area contributed by atoms with Crippen molar-refractivity contribution in [1.29, 1.82) is 0 Å². The lowest BCUT2D eigenvalue weighted by Crippen LogP contribution is -2.12. The first-order valence-electron chi connectivity index (χ1n) is 10.5. The molecule has 3 N–H and O–H groups in total. The maximum Gasteiger partial charge on any atom is 0.233 e. The summed E-state index contributed by atoms with van der Waals surface area (Å²) in [5.74, 6) is 2.87. The van der Waals surface area contributed by atoms with Crippen molar-refractivity contribution >= 4 is 29.2 Å². The van der Waals surface area contributed by atoms with Crippen molar-refractivity contribution in [2.75, 3.05) is 36.7 Å². The molecule has 0 fully saturated rings. The van der Waals surface area contributed by atoms with Gasteiger partial charge in [0.1, 0.15) is 11.5 Å². The van der Waals surface area contributed by atoms with Crippen molar-refractivity contribution < 1.29 is 9.47 Å². The molecule has 0 unspecified atom stereocenters. The minimum absolute atomic E-state index is 0.420. The third-order valence-corrected chi connectivity index (χ3v) is 4.76. The number of nitrogens with one attached hydrogen (secondary N) is 3. The number of anilines is 5. The Labute approximate surface area is 192 Å². The van der Waals surface area contributed by atoms with Crippen LogP contribution in [0.3, 0.4) is 0 Å². The summed E-state index contributed by atoms with van der Waals surface area (Å²) in [4.78, 5) is 17.6. The van der Waals surface area contributed by atoms with Crippen LogP contribution in [-0.4, -0.2) is 45.3 Å². The van der Waals surface area contributed by atoms with Crippen molar-refractivity contribution in [2.24, 2.45) is 0 Å². The monoisotopic (exact) mass is 446 g/mol. The number of hydrogen-bond acceptors (Lipinski definition) is 9. The van der Waals surface area contributed by atoms with Crippen LogP contribution in [0.4, 0.5) is 29.2 Å². The number of rotatable bonds is 11. The van der Waals surface area contributed by atoms with Crippen LogP contribution in [0.1, 0.15) is 6.42 Å². The Morgan fingerprint density at radius 2 is 1.30 bits per heavy atom. The summed E-state index contributed by atoms with van der Waals surface area (Å²) in [6, 6.07) is 15.1. The van der Waals surface area contributed by atoms with Crippen LogP contribution < -0.4 is 25.4 Å². The molecule has 10 heteroatoms. The molecule has 33 heavy (non-hydrogen) atoms. The van der Waals surface area contributed by atoms with Crippen LogP contribution in [-0.2, 0) is 6.54 Å². The van der Waals surface area contributed by atoms with E-state index in [0.717, 1.165) is 35.8 Å². The summed E-state index contributed by atoms with van der Waals surface area (Å²) in [7, 11) is 3.27. The van der Waals surface area contributed by atoms with E-state index < -0.39 is 0 Å². The predicted molar refractivity (Wildman–Crippen MR) is 128 cm³/mol. The molecule has 0 amide bonds. The number of hydrogen-bond donors (Lipinski definition) is 3. The summed E-state index contributed by atoms with van der Waals surface area (Å²) < 4.78 is 12.5. The predicted octanol–water partition coefficient (Wildman–Crippen LogP) is 4.07. The maximum atomic E-state index is 5.22. The number of nitrogens with zero attached hydrogens (tertiary/aromatic N) is 5. The fourth-order valence-corrected chi connectivity index (χ4v) is 3.05. The summed E-state index contributed by atoms with van der Waals surface area (Å²) in [6.45, 7) is 1.55. The molecular formula is C23H26N8O2. The van der Waals surface area contributed by atoms with Crippen LogP contribution in [0.25, 0.3) is 0 Å². The molecule has 0 atom stereocenters. The topological polar surface area (TPSA) is 111 Å². The van der Waals surface area contributed by atoms with Crippen molar-refractivity contribution in [3.8, 4) is 11.5 Å². The molecule has 170 valence electrons. The zero-order valence-corrected chi connectivity index (χ0v) is 18.5. The van der Waals surface area contributed by atoms with E-state index in [2.05, 4.69) is 35.9 Å². The van der Waals surface area contributed by atoms with Gasteiger partial charge in [-0.1, -0.05) is 0 Å². The number of aryl methyl sites for hydroxylation is 1. The molecule has 4 rings (SSSR count). The maximum absolute atomic E-state index is 5.22. The molecule has 10 nitrogen and oxygen atoms in total. The number of benzene rings is 2. The normalized spacial score (nSPS) is 10.5. The van der Waals surface area contributed by atoms with Gasteiger partial charge >= 0.3 is 0 Å². The summed E-state index contributed by atoms with van der Waals surface area (Å²) in [5, 5.41) is 9.73. The molecule has 4 aromatic rings. The molecule has 0 spiro atoms. The molecule has 0 aliphatic rings. The van der Waals surface area contributed by atoms with Gasteiger partial charge < -0.3 is 30.0 Å². The van der Waals surface area contributed by atoms with Crippen molar-refractivity contribution in [3.63, 3.8) is 0 Å². The second-order valence-corrected chi connectivity index (χ2v) is 7.09. The lowest BCUT2D eigenvalue weighted by Gasteiger charge is -2.12. The first-order chi connectivity index (χ1) is 16.2. The number of imidazole rings is 1. The van der Waals surface area contributed by atoms with Gasteiger partial charge in [0.25, 0.3) is 0 Å². The Morgan fingerprint density at radius 1 is 0.758 bits per heavy atom. The van der Waals surface area contributed by atoms with E-state index in [1.54, 1.807) is 26.7 Å². The molecule has 0 aliphatic heterocycles. The smallest absolute Gasteiger partial charge is 0.233 e. The van der Waals surface area contributed by atoms with E-state index in [1.807, 2.05) is 59.3 Å². The van der Waals surface area contributed by atoms with Gasteiger partial charge in [-0.15, -0.1) is 0 Å². The van der Waals surface area contributed by atoms with Gasteiger partial charge in [-0.2, -0.15) is 15.0 Å². The van der Waals surface area contributed by atoms with Crippen molar-refractivity contribution in [3.05, 3.63) is 67.3 Å². The van der Waals surface area contributed by atoms with Crippen LogP contribution in [0.5, 0.6) is 11.5 Å². The number of ether oxygens (including phenoxy) is 2. The van der Waals surface area contributed by atoms with Crippen LogP contribution in [0.15, 0.2) is 67.3 Å². The van der Waals surface area contributed by atoms with Gasteiger partial charge in [-0.25, -0.2) is 4.98 Å². The Kier molecular flexibility index (Phi) is 7.16. The highest BCUT2D eigenvalue weighted by Crippen LogP contribution is 2.22. The van der Waals surface area contributed by atoms with E-state index >= 15 is 0 Å². The zero-order valence-electron chi connectivity index (χ0n) is 18.5. The van der Waals surface area contributed by atoms with Gasteiger partial charge in [-0.05, 0) is 55.0 Å². The summed E-state index contributed by atoms with van der Waals surface area (Å²) in [6.07, 6.45) is 6.41. The molecule has 0 aliphatic carbocycles. The fourth-order valence-electron chi connectivity index (χ4n) is 3.05. The first kappa shape index (κ1) is 21.9. The second-order valence-electron chi connectivity index (χ2n) is 7.09. The Balaban J connectivity index is 1.48. The molecule has 0 radical (unpaired) electrons. The number of methoxy groups -OCH3 is 2. The van der Waals surface area contributed by atoms with Gasteiger partial charge in [0.15, 0.2) is 0 Å². The lowest BCUT2D eigenvalue weighted by molar-refractivity contribution is 0.415. The number of aromatic nitrogens is 5. The van der Waals surface area contributed by atoms with E-state index in [1.165, 1.54) is 0 Å². The van der Waals surface area contributed by atoms with Crippen LogP contribution >= 0.6 is 0 Å². The molecular weight excluding hydrogens is 420 g/mol. The molecule has 0 saturated heterocycles. The second kappa shape index (κ2) is 10.8. The largest absolute Gasteiger partial charge is 0.497 e. The van der Waals surface area contributed by atoms with Crippen molar-refractivity contribution in [1.82, 2.24) is 24.5 Å². The third kappa shape index (κ3) is 6.33. The minimum Gasteiger partial charge on any atom is -0.497 e. The molecule has 0 saturated carbocycles. The van der Waals surface area contributed by atoms with Gasteiger partial charge in [0, 0.05) is 36.9 Å². The average Bonchev–Trinajstić information content (AvgIpc) is 3.36. The first-order valence-corrected chi connectivity index (χ1v) is 10.5. The van der Waals surface area contributed by atoms with Crippen LogP contribution in [0, 0.1) is 0 Å². The highest BCUT2D eigenvalue weighted by atomic mass is 16.5. The Morgan fingerprint density at radius 3 is 1.79 bits per heavy atom. The van der Waals surface area contributed by atoms with Crippen molar-refractivity contribution in [2.45, 2.75) is 13.0 Å². The van der Waals surface area contributed by atoms with E-state index in [-0.39, 0.29) is 0 Å². The Hall–Kier alpha value is -4.34. The zero-order chi connectivity index (χ0) is 22.9. The van der Waals surface area contributed by atoms with E-state index in [4.69, 9.17) is 9.47 Å². The Bertz CT molecular complexity index is 1060. The quantitative estimate of drug-likeness (QED) is 0.294. The molecule has 2 heterocycles. The van der Waals surface area contributed by atoms with Gasteiger partial charge in [0.05, 0.1) is 20.5 Å². The molecule has 0 bridgehead atoms. The fraction of sp³-hybridized carbons (Fsp3) is 0.217. The lowest BCUT2D eigenvalue weighted by atomic mass is 10.3. The summed E-state index contributed by atoms with van der Waals surface area (Å²) >= 11 is 0. The van der Waals surface area contributed by atoms with Gasteiger partial charge in [-0.3, -0.25) is 0 Å². The average molecular weight is 447 g/mol. The molecule has 2 aromatic carbocycles. The van der Waals surface area contributed by atoms with Gasteiger partial charge in [0.2, 0.25) is 17.8 Å². The standard InChI is InChI=1S/C23H26N8O2/c1-32-19-8-4-17(5-9-19)26-22-28-21(25-12-3-14-31-15-13-24-16-31)29-23(30-22)27-18-6-10-20(33-2)11-7-18/h4-11,13,15-16H,3,12,14H2,1-2H3,(H3,25,26,27,28,29,30). The SMILES string of the molecule is COc1ccc(Nc2nc(NCCCn3ccnc3)nc(Nc3ccc(OC)cc3)n2)cc1. The third-order valence-electron chi connectivity index (χ3n) is 4.76.